The third kappa shape index (κ3) is 5.42. The molecule has 1 saturated heterocycles. The second-order valence-electron chi connectivity index (χ2n) is 5.83. The monoisotopic (exact) mass is 327 g/mol. The fraction of sp³-hybridized carbons (Fsp3) is 0.562. The maximum atomic E-state index is 12.3. The summed E-state index contributed by atoms with van der Waals surface area (Å²) >= 11 is -1.83. The maximum Gasteiger partial charge on any atom is 0.424 e. The summed E-state index contributed by atoms with van der Waals surface area (Å²) in [6, 6.07) is -0.423. The first-order valence-corrected chi connectivity index (χ1v) is 8.40. The summed E-state index contributed by atoms with van der Waals surface area (Å²) < 4.78 is 23.6. The van der Waals surface area contributed by atoms with Gasteiger partial charge in [0, 0.05) is 0 Å². The van der Waals surface area contributed by atoms with Gasteiger partial charge in [-0.05, 0) is 39.7 Å². The Hall–Kier alpha value is -1.40. The molecule has 2 unspecified atom stereocenters. The van der Waals surface area contributed by atoms with Crippen LogP contribution in [0.4, 0.5) is 4.79 Å². The van der Waals surface area contributed by atoms with Crippen molar-refractivity contribution in [3.8, 4) is 0 Å². The van der Waals surface area contributed by atoms with E-state index in [0.29, 0.717) is 0 Å². The minimum atomic E-state index is -1.83. The van der Waals surface area contributed by atoms with Gasteiger partial charge in [-0.25, -0.2) is 9.00 Å². The van der Waals surface area contributed by atoms with Crippen LogP contribution in [0, 0.1) is 0 Å². The van der Waals surface area contributed by atoms with E-state index in [1.807, 2.05) is 44.2 Å². The number of allylic oxidation sites excluding steroid dienone is 4. The number of carbonyl (C=O) groups is 1. The van der Waals surface area contributed by atoms with Crippen LogP contribution in [0.25, 0.3) is 0 Å². The lowest BCUT2D eigenvalue weighted by Crippen LogP contribution is -2.41. The van der Waals surface area contributed by atoms with Crippen molar-refractivity contribution in [2.75, 3.05) is 6.61 Å². The molecule has 0 aromatic heterocycles. The van der Waals surface area contributed by atoms with Gasteiger partial charge in [-0.15, -0.1) is 0 Å². The number of rotatable bonds is 4. The second-order valence-corrected chi connectivity index (χ2v) is 6.89. The van der Waals surface area contributed by atoms with E-state index in [9.17, 15) is 9.00 Å². The lowest BCUT2D eigenvalue weighted by molar-refractivity contribution is 0.0380. The Morgan fingerprint density at radius 1 is 1.45 bits per heavy atom. The average molecular weight is 327 g/mol. The van der Waals surface area contributed by atoms with Crippen molar-refractivity contribution in [2.45, 2.75) is 52.7 Å². The van der Waals surface area contributed by atoms with Gasteiger partial charge in [-0.3, -0.25) is 4.18 Å². The van der Waals surface area contributed by atoms with Crippen molar-refractivity contribution >= 4 is 17.4 Å². The molecule has 1 aliphatic rings. The van der Waals surface area contributed by atoms with Gasteiger partial charge in [0.15, 0.2) is 0 Å². The molecule has 1 rings (SSSR count). The van der Waals surface area contributed by atoms with E-state index in [2.05, 4.69) is 0 Å². The van der Waals surface area contributed by atoms with Crippen molar-refractivity contribution in [1.82, 2.24) is 4.31 Å². The fourth-order valence-electron chi connectivity index (χ4n) is 1.86. The van der Waals surface area contributed by atoms with Crippen LogP contribution in [0.1, 0.15) is 41.0 Å². The zero-order chi connectivity index (χ0) is 16.8. The van der Waals surface area contributed by atoms with Gasteiger partial charge >= 0.3 is 6.09 Å². The molecule has 0 spiro atoms. The zero-order valence-electron chi connectivity index (χ0n) is 13.9. The first-order chi connectivity index (χ1) is 10.3. The molecule has 124 valence electrons. The van der Waals surface area contributed by atoms with Gasteiger partial charge in [0.05, 0.1) is 6.61 Å². The van der Waals surface area contributed by atoms with Gasteiger partial charge in [0.25, 0.3) is 11.3 Å². The highest BCUT2D eigenvalue weighted by Crippen LogP contribution is 2.25. The normalized spacial score (nSPS) is 23.7. The van der Waals surface area contributed by atoms with Crippen molar-refractivity contribution < 1.29 is 17.9 Å². The largest absolute Gasteiger partial charge is 0.443 e. The summed E-state index contributed by atoms with van der Waals surface area (Å²) in [5.41, 5.74) is 0.199. The maximum absolute atomic E-state index is 12.3. The highest BCUT2D eigenvalue weighted by atomic mass is 32.2. The molecule has 0 aromatic rings. The van der Waals surface area contributed by atoms with Gasteiger partial charge in [0.2, 0.25) is 0 Å². The molecule has 0 saturated carbocycles. The molecule has 2 atom stereocenters. The number of hydrogen-bond acceptors (Lipinski definition) is 4. The summed E-state index contributed by atoms with van der Waals surface area (Å²) in [5, 5.41) is 0. The van der Waals surface area contributed by atoms with Crippen LogP contribution in [0.2, 0.25) is 0 Å². The first-order valence-electron chi connectivity index (χ1n) is 7.37. The molecule has 0 bridgehead atoms. The first kappa shape index (κ1) is 18.6. The highest BCUT2D eigenvalue weighted by molar-refractivity contribution is 7.78. The van der Waals surface area contributed by atoms with E-state index in [4.69, 9.17) is 8.92 Å². The Bertz CT molecular complexity index is 503. The molecule has 0 aromatic carbocycles. The molecule has 0 N–H and O–H groups in total. The minimum Gasteiger partial charge on any atom is -0.443 e. The number of hydrogen-bond donors (Lipinski definition) is 0. The molecule has 5 nitrogen and oxygen atoms in total. The van der Waals surface area contributed by atoms with Crippen molar-refractivity contribution in [3.63, 3.8) is 0 Å². The predicted molar refractivity (Wildman–Crippen MR) is 88.3 cm³/mol. The lowest BCUT2D eigenvalue weighted by Gasteiger charge is -2.26. The molecule has 22 heavy (non-hydrogen) atoms. The van der Waals surface area contributed by atoms with Crippen LogP contribution in [0.5, 0.6) is 0 Å². The SMILES string of the molecule is C\C=C/C(=C\C=C/CC)C1COS(=O)N1C(=O)OC(C)(C)C. The van der Waals surface area contributed by atoms with E-state index in [1.54, 1.807) is 20.8 Å². The molecular formula is C16H25NO4S. The van der Waals surface area contributed by atoms with Crippen LogP contribution < -0.4 is 0 Å². The summed E-state index contributed by atoms with van der Waals surface area (Å²) in [4.78, 5) is 12.3. The quantitative estimate of drug-likeness (QED) is 0.739. The summed E-state index contributed by atoms with van der Waals surface area (Å²) in [7, 11) is 0. The van der Waals surface area contributed by atoms with E-state index < -0.39 is 29.0 Å². The Kier molecular flexibility index (Phi) is 7.03. The van der Waals surface area contributed by atoms with Crippen LogP contribution >= 0.6 is 0 Å². The number of ether oxygens (including phenoxy) is 1. The van der Waals surface area contributed by atoms with Crippen LogP contribution in [0.15, 0.2) is 36.0 Å². The van der Waals surface area contributed by atoms with E-state index in [-0.39, 0.29) is 6.61 Å². The average Bonchev–Trinajstić information content (AvgIpc) is 2.78. The third-order valence-corrected chi connectivity index (χ3v) is 3.81. The summed E-state index contributed by atoms with van der Waals surface area (Å²) in [5.74, 6) is 0. The molecule has 6 heteroatoms. The van der Waals surface area contributed by atoms with Crippen LogP contribution in [0.3, 0.4) is 0 Å². The Labute approximate surface area is 135 Å². The zero-order valence-corrected chi connectivity index (χ0v) is 14.7. The third-order valence-electron chi connectivity index (χ3n) is 2.75. The fourth-order valence-corrected chi connectivity index (χ4v) is 2.77. The topological polar surface area (TPSA) is 55.8 Å². The minimum absolute atomic E-state index is 0.183. The number of nitrogens with zero attached hydrogens (tertiary/aromatic N) is 1. The second kappa shape index (κ2) is 8.29. The highest BCUT2D eigenvalue weighted by Gasteiger charge is 2.40. The van der Waals surface area contributed by atoms with Gasteiger partial charge in [0.1, 0.15) is 11.6 Å². The Morgan fingerprint density at radius 2 is 2.14 bits per heavy atom. The van der Waals surface area contributed by atoms with E-state index in [1.165, 1.54) is 0 Å². The van der Waals surface area contributed by atoms with Crippen LogP contribution in [-0.4, -0.2) is 32.9 Å². The standard InChI is InChI=1S/C16H25NO4S/c1-6-8-9-11-13(10-7-2)14-12-20-22(19)17(14)15(18)21-16(3,4)5/h7-11,14H,6,12H2,1-5H3/b9-8-,10-7-,13-11+. The molecule has 0 aliphatic carbocycles. The van der Waals surface area contributed by atoms with Crippen molar-refractivity contribution in [3.05, 3.63) is 36.0 Å². The molecule has 0 radical (unpaired) electrons. The van der Waals surface area contributed by atoms with Gasteiger partial charge in [-0.1, -0.05) is 37.3 Å². The summed E-state index contributed by atoms with van der Waals surface area (Å²) in [6.45, 7) is 9.43. The molecule has 1 fully saturated rings. The molecule has 1 heterocycles. The van der Waals surface area contributed by atoms with Crippen molar-refractivity contribution in [1.29, 1.82) is 0 Å². The molecule has 1 aliphatic heterocycles. The van der Waals surface area contributed by atoms with E-state index in [0.717, 1.165) is 16.3 Å². The lowest BCUT2D eigenvalue weighted by atomic mass is 10.1. The number of amides is 1. The van der Waals surface area contributed by atoms with Gasteiger partial charge < -0.3 is 4.74 Å². The Balaban J connectivity index is 3.03. The molecule has 1 amide bonds. The molecular weight excluding hydrogens is 302 g/mol. The Morgan fingerprint density at radius 3 is 2.68 bits per heavy atom. The number of carbonyl (C=O) groups excluding carboxylic acids is 1. The summed E-state index contributed by atoms with van der Waals surface area (Å²) in [6.07, 6.45) is 9.87. The van der Waals surface area contributed by atoms with Gasteiger partial charge in [-0.2, -0.15) is 4.31 Å². The van der Waals surface area contributed by atoms with Crippen molar-refractivity contribution in [2.24, 2.45) is 0 Å². The van der Waals surface area contributed by atoms with E-state index >= 15 is 0 Å². The van der Waals surface area contributed by atoms with Crippen LogP contribution in [-0.2, 0) is 20.2 Å². The smallest absolute Gasteiger partial charge is 0.424 e. The predicted octanol–water partition coefficient (Wildman–Crippen LogP) is 3.67.